The van der Waals surface area contributed by atoms with Crippen LogP contribution in [0.5, 0.6) is 11.5 Å². The Kier molecular flexibility index (Phi) is 7.02. The van der Waals surface area contributed by atoms with E-state index in [0.29, 0.717) is 29.4 Å². The summed E-state index contributed by atoms with van der Waals surface area (Å²) in [6.07, 6.45) is 3.50. The molecule has 1 aromatic heterocycles. The zero-order valence-corrected chi connectivity index (χ0v) is 18.2. The minimum Gasteiger partial charge on any atom is -0.490 e. The third-order valence-corrected chi connectivity index (χ3v) is 4.90. The van der Waals surface area contributed by atoms with Crippen molar-refractivity contribution in [2.24, 2.45) is 0 Å². The second-order valence-corrected chi connectivity index (χ2v) is 7.29. The van der Waals surface area contributed by atoms with Gasteiger partial charge in [-0.15, -0.1) is 0 Å². The summed E-state index contributed by atoms with van der Waals surface area (Å²) in [5.74, 6) is -0.326. The summed E-state index contributed by atoms with van der Waals surface area (Å²) >= 11 is 6.41. The number of barbiturate groups is 1. The van der Waals surface area contributed by atoms with E-state index < -0.39 is 17.8 Å². The van der Waals surface area contributed by atoms with E-state index in [4.69, 9.17) is 25.5 Å². The van der Waals surface area contributed by atoms with Crippen molar-refractivity contribution in [3.63, 3.8) is 0 Å². The molecule has 0 unspecified atom stereocenters. The Labute approximate surface area is 184 Å². The summed E-state index contributed by atoms with van der Waals surface area (Å²) in [5, 5.41) is 2.45. The largest absolute Gasteiger partial charge is 0.490 e. The quantitative estimate of drug-likeness (QED) is 0.482. The van der Waals surface area contributed by atoms with Crippen LogP contribution in [-0.2, 0) is 16.1 Å². The van der Waals surface area contributed by atoms with Crippen LogP contribution >= 0.6 is 11.6 Å². The molecule has 1 fully saturated rings. The summed E-state index contributed by atoms with van der Waals surface area (Å²) in [5.41, 5.74) is 0.246. The zero-order chi connectivity index (χ0) is 22.5. The molecule has 1 aliphatic rings. The van der Waals surface area contributed by atoms with Crippen LogP contribution in [0.1, 0.15) is 38.5 Å². The van der Waals surface area contributed by atoms with Crippen LogP contribution in [0.2, 0.25) is 5.02 Å². The number of halogens is 1. The first-order valence-corrected chi connectivity index (χ1v) is 10.3. The molecule has 8 nitrogen and oxygen atoms in total. The maximum Gasteiger partial charge on any atom is 0.331 e. The fourth-order valence-electron chi connectivity index (χ4n) is 2.90. The number of imide groups is 2. The zero-order valence-electron chi connectivity index (χ0n) is 17.4. The van der Waals surface area contributed by atoms with E-state index >= 15 is 0 Å². The van der Waals surface area contributed by atoms with E-state index in [1.54, 1.807) is 24.3 Å². The van der Waals surface area contributed by atoms with Crippen molar-refractivity contribution < 1.29 is 28.3 Å². The lowest BCUT2D eigenvalue weighted by Gasteiger charge is -2.25. The minimum absolute atomic E-state index is 0.0761. The lowest BCUT2D eigenvalue weighted by molar-refractivity contribution is -0.130. The fraction of sp³-hybridized carbons (Fsp3) is 0.318. The third kappa shape index (κ3) is 5.08. The average molecular weight is 447 g/mol. The Morgan fingerprint density at radius 2 is 2.03 bits per heavy atom. The lowest BCUT2D eigenvalue weighted by Crippen LogP contribution is -2.53. The number of amides is 4. The van der Waals surface area contributed by atoms with Gasteiger partial charge in [-0.25, -0.2) is 4.79 Å². The number of furan rings is 1. The summed E-state index contributed by atoms with van der Waals surface area (Å²) < 4.78 is 16.7. The predicted molar refractivity (Wildman–Crippen MR) is 114 cm³/mol. The van der Waals surface area contributed by atoms with Crippen LogP contribution in [0, 0.1) is 0 Å². The number of benzene rings is 1. The van der Waals surface area contributed by atoms with Crippen molar-refractivity contribution in [1.82, 2.24) is 10.2 Å². The highest BCUT2D eigenvalue weighted by Gasteiger charge is 2.36. The van der Waals surface area contributed by atoms with Crippen LogP contribution in [0.3, 0.4) is 0 Å². The van der Waals surface area contributed by atoms with Crippen molar-refractivity contribution in [1.29, 1.82) is 0 Å². The molecule has 0 spiro atoms. The van der Waals surface area contributed by atoms with E-state index in [0.717, 1.165) is 11.3 Å². The molecule has 164 valence electrons. The Balaban J connectivity index is 1.95. The Morgan fingerprint density at radius 1 is 1.26 bits per heavy atom. The van der Waals surface area contributed by atoms with Crippen molar-refractivity contribution in [2.75, 3.05) is 6.61 Å². The molecule has 3 rings (SSSR count). The first kappa shape index (κ1) is 22.4. The van der Waals surface area contributed by atoms with E-state index in [1.165, 1.54) is 12.3 Å². The fourth-order valence-corrected chi connectivity index (χ4v) is 3.16. The number of carbonyl (C=O) groups is 3. The summed E-state index contributed by atoms with van der Waals surface area (Å²) in [6.45, 7) is 5.99. The molecular formula is C22H23ClN2O6. The van der Waals surface area contributed by atoms with Crippen molar-refractivity contribution in [3.05, 3.63) is 52.4 Å². The molecule has 0 aliphatic carbocycles. The number of urea groups is 1. The first-order valence-electron chi connectivity index (χ1n) is 9.88. The van der Waals surface area contributed by atoms with Crippen LogP contribution in [-0.4, -0.2) is 35.5 Å². The Bertz CT molecular complexity index is 1020. The van der Waals surface area contributed by atoms with Crippen molar-refractivity contribution >= 4 is 35.5 Å². The van der Waals surface area contributed by atoms with Gasteiger partial charge in [0.05, 0.1) is 30.5 Å². The normalized spacial score (nSPS) is 16.5. The predicted octanol–water partition coefficient (Wildman–Crippen LogP) is 4.17. The lowest BCUT2D eigenvalue weighted by atomic mass is 10.1. The van der Waals surface area contributed by atoms with E-state index in [9.17, 15) is 14.4 Å². The van der Waals surface area contributed by atoms with Gasteiger partial charge in [-0.1, -0.05) is 18.5 Å². The van der Waals surface area contributed by atoms with Crippen LogP contribution in [0.25, 0.3) is 6.08 Å². The molecule has 2 aromatic rings. The van der Waals surface area contributed by atoms with Gasteiger partial charge in [0.15, 0.2) is 11.5 Å². The average Bonchev–Trinajstić information content (AvgIpc) is 3.24. The van der Waals surface area contributed by atoms with E-state index in [-0.39, 0.29) is 23.2 Å². The highest BCUT2D eigenvalue weighted by atomic mass is 35.5. The molecule has 9 heteroatoms. The Morgan fingerprint density at radius 3 is 2.68 bits per heavy atom. The molecule has 1 aromatic carbocycles. The molecule has 0 radical (unpaired) electrons. The van der Waals surface area contributed by atoms with Gasteiger partial charge in [0.1, 0.15) is 11.3 Å². The smallest absolute Gasteiger partial charge is 0.331 e. The van der Waals surface area contributed by atoms with Gasteiger partial charge < -0.3 is 13.9 Å². The first-order chi connectivity index (χ1) is 14.8. The number of ether oxygens (including phenoxy) is 2. The van der Waals surface area contributed by atoms with Gasteiger partial charge in [0, 0.05) is 0 Å². The number of hydrogen-bond acceptors (Lipinski definition) is 6. The maximum atomic E-state index is 12.9. The number of hydrogen-bond donors (Lipinski definition) is 1. The van der Waals surface area contributed by atoms with Crippen LogP contribution < -0.4 is 14.8 Å². The number of rotatable bonds is 8. The van der Waals surface area contributed by atoms with Gasteiger partial charge in [0.25, 0.3) is 11.8 Å². The number of nitrogens with one attached hydrogen (secondary N) is 1. The van der Waals surface area contributed by atoms with E-state index in [1.807, 2.05) is 20.8 Å². The molecule has 1 N–H and O–H groups in total. The van der Waals surface area contributed by atoms with Gasteiger partial charge in [-0.05, 0) is 56.2 Å². The van der Waals surface area contributed by atoms with Gasteiger partial charge in [-0.3, -0.25) is 19.8 Å². The maximum absolute atomic E-state index is 12.9. The standard InChI is InChI=1S/C22H23ClN2O6/c1-4-13(3)31-19-17(23)10-14(11-18(19)29-5-2)9-16-20(26)24-22(28)25(21(16)27)12-15-7-6-8-30-15/h6-11,13H,4-5,12H2,1-3H3,(H,24,26,28)/b16-9+/t13-/m1/s1. The second kappa shape index (κ2) is 9.70. The molecule has 1 atom stereocenters. The highest BCUT2D eigenvalue weighted by molar-refractivity contribution is 6.33. The molecule has 0 saturated carbocycles. The second-order valence-electron chi connectivity index (χ2n) is 6.89. The topological polar surface area (TPSA) is 98.1 Å². The molecule has 1 aliphatic heterocycles. The highest BCUT2D eigenvalue weighted by Crippen LogP contribution is 2.38. The SMILES string of the molecule is CCOc1cc(/C=C2\C(=O)NC(=O)N(Cc3ccco3)C2=O)cc(Cl)c1O[C@H](C)CC. The Hall–Kier alpha value is -3.26. The van der Waals surface area contributed by atoms with Gasteiger partial charge in [-0.2, -0.15) is 0 Å². The number of carbonyl (C=O) groups excluding carboxylic acids is 3. The molecule has 4 amide bonds. The molecular weight excluding hydrogens is 424 g/mol. The van der Waals surface area contributed by atoms with Gasteiger partial charge in [0.2, 0.25) is 0 Å². The summed E-state index contributed by atoms with van der Waals surface area (Å²) in [6, 6.07) is 5.67. The monoisotopic (exact) mass is 446 g/mol. The molecule has 31 heavy (non-hydrogen) atoms. The van der Waals surface area contributed by atoms with Crippen LogP contribution in [0.15, 0.2) is 40.5 Å². The number of nitrogens with zero attached hydrogens (tertiary/aromatic N) is 1. The summed E-state index contributed by atoms with van der Waals surface area (Å²) in [4.78, 5) is 38.3. The molecule has 0 bridgehead atoms. The molecule has 2 heterocycles. The minimum atomic E-state index is -0.811. The van der Waals surface area contributed by atoms with Crippen molar-refractivity contribution in [2.45, 2.75) is 39.8 Å². The van der Waals surface area contributed by atoms with Crippen LogP contribution in [0.4, 0.5) is 4.79 Å². The summed E-state index contributed by atoms with van der Waals surface area (Å²) in [7, 11) is 0. The van der Waals surface area contributed by atoms with Gasteiger partial charge >= 0.3 is 6.03 Å². The van der Waals surface area contributed by atoms with E-state index in [2.05, 4.69) is 5.32 Å². The third-order valence-electron chi connectivity index (χ3n) is 4.62. The van der Waals surface area contributed by atoms with Crippen molar-refractivity contribution in [3.8, 4) is 11.5 Å². The molecule has 1 saturated heterocycles.